The third-order valence-corrected chi connectivity index (χ3v) is 4.50. The lowest BCUT2D eigenvalue weighted by Gasteiger charge is -1.98. The number of amides is 1. The van der Waals surface area contributed by atoms with Crippen LogP contribution in [0.2, 0.25) is 5.02 Å². The van der Waals surface area contributed by atoms with Crippen LogP contribution in [0, 0.1) is 5.82 Å². The number of hydrogen-bond donors (Lipinski definition) is 1. The summed E-state index contributed by atoms with van der Waals surface area (Å²) in [6.45, 7) is 0. The molecule has 0 radical (unpaired) electrons. The van der Waals surface area contributed by atoms with Crippen LogP contribution in [0.3, 0.4) is 0 Å². The number of aromatic nitrogens is 1. The average molecular weight is 373 g/mol. The van der Waals surface area contributed by atoms with Crippen LogP contribution in [0.1, 0.15) is 16.0 Å². The highest BCUT2D eigenvalue weighted by atomic mass is 35.5. The number of benzene rings is 2. The molecule has 6 heteroatoms. The fraction of sp³-hybridized carbons (Fsp3) is 0.0526. The molecule has 126 valence electrons. The number of anilines is 1. The highest BCUT2D eigenvalue weighted by Gasteiger charge is 2.05. The third-order valence-electron chi connectivity index (χ3n) is 3.35. The maximum absolute atomic E-state index is 12.9. The lowest BCUT2D eigenvalue weighted by molar-refractivity contribution is -0.111. The molecule has 1 heterocycles. The molecule has 0 saturated carbocycles. The molecule has 0 aliphatic carbocycles. The minimum Gasteiger partial charge on any atom is -0.298 e. The van der Waals surface area contributed by atoms with Gasteiger partial charge in [-0.05, 0) is 41.5 Å². The van der Waals surface area contributed by atoms with Gasteiger partial charge in [0.2, 0.25) is 5.91 Å². The molecular weight excluding hydrogens is 359 g/mol. The zero-order valence-corrected chi connectivity index (χ0v) is 14.7. The van der Waals surface area contributed by atoms with Crippen molar-refractivity contribution >= 4 is 40.1 Å². The first-order valence-electron chi connectivity index (χ1n) is 7.52. The van der Waals surface area contributed by atoms with E-state index in [-0.39, 0.29) is 11.7 Å². The molecule has 0 spiro atoms. The summed E-state index contributed by atoms with van der Waals surface area (Å²) >= 11 is 7.30. The Hall–Kier alpha value is -2.50. The molecule has 0 unspecified atom stereocenters. The van der Waals surface area contributed by atoms with Crippen LogP contribution in [-0.2, 0) is 11.2 Å². The average Bonchev–Trinajstić information content (AvgIpc) is 3.02. The minimum atomic E-state index is -0.261. The van der Waals surface area contributed by atoms with E-state index in [1.807, 2.05) is 12.1 Å². The zero-order chi connectivity index (χ0) is 17.6. The van der Waals surface area contributed by atoms with E-state index in [9.17, 15) is 9.18 Å². The van der Waals surface area contributed by atoms with Gasteiger partial charge in [-0.1, -0.05) is 35.9 Å². The molecule has 25 heavy (non-hydrogen) atoms. The molecule has 0 saturated heterocycles. The first-order valence-corrected chi connectivity index (χ1v) is 8.72. The molecule has 3 aromatic rings. The quantitative estimate of drug-likeness (QED) is 0.627. The molecular formula is C19H14ClFN2OS. The van der Waals surface area contributed by atoms with Crippen LogP contribution >= 0.6 is 22.9 Å². The predicted octanol–water partition coefficient (Wildman–Crippen LogP) is 5.18. The monoisotopic (exact) mass is 372 g/mol. The summed E-state index contributed by atoms with van der Waals surface area (Å²) in [6, 6.07) is 13.6. The van der Waals surface area contributed by atoms with Crippen molar-refractivity contribution in [1.29, 1.82) is 0 Å². The highest BCUT2D eigenvalue weighted by molar-refractivity contribution is 7.15. The molecule has 0 bridgehead atoms. The number of thiazole rings is 1. The number of carbonyl (C=O) groups is 1. The maximum Gasteiger partial charge on any atom is 0.250 e. The van der Waals surface area contributed by atoms with E-state index in [4.69, 9.17) is 11.6 Å². The van der Waals surface area contributed by atoms with Gasteiger partial charge in [0.05, 0.1) is 0 Å². The summed E-state index contributed by atoms with van der Waals surface area (Å²) in [5, 5.41) is 3.87. The SMILES string of the molecule is O=C(/C=C/c1cccc(Cl)c1)Nc1ncc(Cc2ccc(F)cc2)s1. The summed E-state index contributed by atoms with van der Waals surface area (Å²) in [7, 11) is 0. The van der Waals surface area contributed by atoms with Crippen molar-refractivity contribution in [3.05, 3.63) is 87.6 Å². The molecule has 0 aliphatic heterocycles. The smallest absolute Gasteiger partial charge is 0.250 e. The van der Waals surface area contributed by atoms with E-state index < -0.39 is 0 Å². The van der Waals surface area contributed by atoms with Crippen LogP contribution in [0.25, 0.3) is 6.08 Å². The topological polar surface area (TPSA) is 42.0 Å². The highest BCUT2D eigenvalue weighted by Crippen LogP contribution is 2.21. The van der Waals surface area contributed by atoms with Gasteiger partial charge < -0.3 is 0 Å². The van der Waals surface area contributed by atoms with Gasteiger partial charge in [-0.15, -0.1) is 11.3 Å². The van der Waals surface area contributed by atoms with E-state index in [2.05, 4.69) is 10.3 Å². The van der Waals surface area contributed by atoms with Crippen molar-refractivity contribution in [3.63, 3.8) is 0 Å². The Labute approximate surface area is 153 Å². The van der Waals surface area contributed by atoms with Crippen molar-refractivity contribution in [3.8, 4) is 0 Å². The molecule has 1 amide bonds. The van der Waals surface area contributed by atoms with Crippen LogP contribution in [0.15, 0.2) is 60.8 Å². The molecule has 1 aromatic heterocycles. The molecule has 2 aromatic carbocycles. The summed E-state index contributed by atoms with van der Waals surface area (Å²) < 4.78 is 12.9. The van der Waals surface area contributed by atoms with Crippen LogP contribution < -0.4 is 5.32 Å². The molecule has 1 N–H and O–H groups in total. The first kappa shape index (κ1) is 17.3. The van der Waals surface area contributed by atoms with Crippen molar-refractivity contribution in [1.82, 2.24) is 4.98 Å². The van der Waals surface area contributed by atoms with Crippen LogP contribution in [0.4, 0.5) is 9.52 Å². The largest absolute Gasteiger partial charge is 0.298 e. The second-order valence-electron chi connectivity index (χ2n) is 5.31. The molecule has 3 nitrogen and oxygen atoms in total. The van der Waals surface area contributed by atoms with Crippen molar-refractivity contribution in [2.75, 3.05) is 5.32 Å². The fourth-order valence-electron chi connectivity index (χ4n) is 2.18. The number of nitrogens with one attached hydrogen (secondary N) is 1. The summed E-state index contributed by atoms with van der Waals surface area (Å²) in [5.41, 5.74) is 1.84. The van der Waals surface area contributed by atoms with E-state index in [1.54, 1.807) is 36.5 Å². The van der Waals surface area contributed by atoms with E-state index in [0.29, 0.717) is 16.6 Å². The Balaban J connectivity index is 1.59. The maximum atomic E-state index is 12.9. The van der Waals surface area contributed by atoms with Crippen molar-refractivity contribution in [2.45, 2.75) is 6.42 Å². The number of carbonyl (C=O) groups excluding carboxylic acids is 1. The number of nitrogens with zero attached hydrogens (tertiary/aromatic N) is 1. The van der Waals surface area contributed by atoms with Gasteiger partial charge in [-0.3, -0.25) is 10.1 Å². The second-order valence-corrected chi connectivity index (χ2v) is 6.86. The lowest BCUT2D eigenvalue weighted by Crippen LogP contribution is -2.07. The minimum absolute atomic E-state index is 0.257. The lowest BCUT2D eigenvalue weighted by atomic mass is 10.1. The second kappa shape index (κ2) is 8.05. The Kier molecular flexibility index (Phi) is 5.58. The standard InChI is InChI=1S/C19H14ClFN2OS/c20-15-3-1-2-13(10-15)6-9-18(24)23-19-22-12-17(25-19)11-14-4-7-16(21)8-5-14/h1-10,12H,11H2,(H,22,23,24)/b9-6+. The molecule has 0 aliphatic rings. The van der Waals surface area contributed by atoms with Gasteiger partial charge in [0.25, 0.3) is 0 Å². The van der Waals surface area contributed by atoms with E-state index >= 15 is 0 Å². The Morgan fingerprint density at radius 2 is 2.04 bits per heavy atom. The van der Waals surface area contributed by atoms with Gasteiger partial charge in [0, 0.05) is 28.6 Å². The Bertz CT molecular complexity index is 906. The summed E-state index contributed by atoms with van der Waals surface area (Å²) in [5.74, 6) is -0.518. The molecule has 0 atom stereocenters. The zero-order valence-electron chi connectivity index (χ0n) is 13.1. The summed E-state index contributed by atoms with van der Waals surface area (Å²) in [6.07, 6.45) is 5.48. The molecule has 3 rings (SSSR count). The number of hydrogen-bond acceptors (Lipinski definition) is 3. The Morgan fingerprint density at radius 3 is 2.80 bits per heavy atom. The van der Waals surface area contributed by atoms with Gasteiger partial charge >= 0.3 is 0 Å². The molecule has 0 fully saturated rings. The Morgan fingerprint density at radius 1 is 1.24 bits per heavy atom. The van der Waals surface area contributed by atoms with Crippen LogP contribution in [-0.4, -0.2) is 10.9 Å². The first-order chi connectivity index (χ1) is 12.1. The van der Waals surface area contributed by atoms with E-state index in [1.165, 1.54) is 29.5 Å². The van der Waals surface area contributed by atoms with E-state index in [0.717, 1.165) is 16.0 Å². The summed E-state index contributed by atoms with van der Waals surface area (Å²) in [4.78, 5) is 17.2. The fourth-order valence-corrected chi connectivity index (χ4v) is 3.23. The van der Waals surface area contributed by atoms with Gasteiger partial charge in [-0.25, -0.2) is 9.37 Å². The van der Waals surface area contributed by atoms with Gasteiger partial charge in [-0.2, -0.15) is 0 Å². The normalized spacial score (nSPS) is 11.0. The van der Waals surface area contributed by atoms with Crippen molar-refractivity contribution in [2.24, 2.45) is 0 Å². The number of halogens is 2. The van der Waals surface area contributed by atoms with Crippen molar-refractivity contribution < 1.29 is 9.18 Å². The third kappa shape index (κ3) is 5.24. The van der Waals surface area contributed by atoms with Gasteiger partial charge in [0.1, 0.15) is 5.82 Å². The number of rotatable bonds is 5. The van der Waals surface area contributed by atoms with Gasteiger partial charge in [0.15, 0.2) is 5.13 Å². The predicted molar refractivity (Wildman–Crippen MR) is 100 cm³/mol. The van der Waals surface area contributed by atoms with Crippen LogP contribution in [0.5, 0.6) is 0 Å².